The summed E-state index contributed by atoms with van der Waals surface area (Å²) in [6.45, 7) is -4.34. The van der Waals surface area contributed by atoms with E-state index in [9.17, 15) is 5.48 Å². The van der Waals surface area contributed by atoms with Crippen molar-refractivity contribution in [1.29, 1.82) is 0 Å². The van der Waals surface area contributed by atoms with Gasteiger partial charge < -0.3 is 0 Å². The quantitative estimate of drug-likeness (QED) is 0.187. The van der Waals surface area contributed by atoms with Crippen molar-refractivity contribution >= 4 is 32.6 Å². The van der Waals surface area contributed by atoms with E-state index in [1.165, 1.54) is 12.1 Å². The summed E-state index contributed by atoms with van der Waals surface area (Å²) in [5.74, 6) is 0.723. The maximum Gasteiger partial charge on any atom is 0.111 e. The van der Waals surface area contributed by atoms with Crippen molar-refractivity contribution in [1.82, 2.24) is 9.55 Å². The molecule has 0 radical (unpaired) electrons. The van der Waals surface area contributed by atoms with E-state index < -0.39 is 67.5 Å². The third-order valence-corrected chi connectivity index (χ3v) is 8.85. The molecule has 1 heterocycles. The van der Waals surface area contributed by atoms with Gasteiger partial charge in [0.1, 0.15) is 5.82 Å². The summed E-state index contributed by atoms with van der Waals surface area (Å²) in [4.78, 5) is 4.67. The third-order valence-electron chi connectivity index (χ3n) is 8.85. The lowest BCUT2D eigenvalue weighted by atomic mass is 9.80. The van der Waals surface area contributed by atoms with Gasteiger partial charge in [-0.25, -0.2) is 4.98 Å². The number of fused-ring (bicyclic) bond motifs is 6. The minimum atomic E-state index is -3.10. The average Bonchev–Trinajstić information content (AvgIpc) is 3.71. The van der Waals surface area contributed by atoms with Crippen LogP contribution in [0.15, 0.2) is 139 Å². The van der Waals surface area contributed by atoms with Crippen molar-refractivity contribution in [3.05, 3.63) is 156 Å². The molecule has 0 amide bonds. The molecule has 1 aromatic heterocycles. The molecule has 0 atom stereocenters. The molecular formula is C43H32N2. The zero-order valence-corrected chi connectivity index (χ0v) is 24.1. The third kappa shape index (κ3) is 3.72. The smallest absolute Gasteiger partial charge is 0.111 e. The molecule has 214 valence electrons. The predicted octanol–water partition coefficient (Wildman–Crippen LogP) is 11.3. The second-order valence-corrected chi connectivity index (χ2v) is 11.3. The van der Waals surface area contributed by atoms with Gasteiger partial charge in [0.05, 0.1) is 22.0 Å². The highest BCUT2D eigenvalue weighted by molar-refractivity contribution is 6.21. The summed E-state index contributed by atoms with van der Waals surface area (Å²) in [5.41, 5.74) is 1.33. The first-order chi connectivity index (χ1) is 27.8. The van der Waals surface area contributed by atoms with Crippen LogP contribution in [0.5, 0.6) is 0 Å². The second-order valence-electron chi connectivity index (χ2n) is 11.3. The number of benzene rings is 7. The highest BCUT2D eigenvalue weighted by Crippen LogP contribution is 2.51. The van der Waals surface area contributed by atoms with Crippen LogP contribution >= 0.6 is 0 Å². The molecule has 0 fully saturated rings. The van der Waals surface area contributed by atoms with Crippen molar-refractivity contribution in [3.63, 3.8) is 0 Å². The monoisotopic (exact) mass is 590 g/mol. The number of imidazole rings is 1. The Hall–Kier alpha value is -5.47. The van der Waals surface area contributed by atoms with E-state index >= 15 is 0 Å². The Labute approximate surface area is 282 Å². The first-order valence-corrected chi connectivity index (χ1v) is 14.6. The van der Waals surface area contributed by atoms with Crippen LogP contribution in [0.1, 0.15) is 49.8 Å². The standard InChI is InChI=1S/C43H32N2/c1-27-44-39-18-10-11-19-40(39)45(27)30-23-20-28(21-24-30)41-33-13-4-6-15-35(33)42(36-16-7-5-14-34(36)41)29-22-25-32-31-12-8-9-17-37(31)43(2,3)38(32)26-29/h4-26H,1-3H3/i2D3,3D3,4D,5D,6D,7D,13D,14D,15D,16D. The maximum absolute atomic E-state index is 9.36. The molecule has 1 aliphatic rings. The molecule has 8 aromatic rings. The van der Waals surface area contributed by atoms with Gasteiger partial charge in [0.25, 0.3) is 0 Å². The zero-order chi connectivity index (χ0) is 42.2. The number of aromatic nitrogens is 2. The summed E-state index contributed by atoms with van der Waals surface area (Å²) in [6.07, 6.45) is 0. The summed E-state index contributed by atoms with van der Waals surface area (Å²) in [6, 6.07) is 21.4. The molecule has 2 heteroatoms. The summed E-state index contributed by atoms with van der Waals surface area (Å²) in [7, 11) is 0. The molecule has 7 aromatic carbocycles. The number of hydrogen-bond donors (Lipinski definition) is 0. The van der Waals surface area contributed by atoms with Crippen LogP contribution in [0.2, 0.25) is 0 Å². The highest BCUT2D eigenvalue weighted by atomic mass is 15.1. The van der Waals surface area contributed by atoms with Gasteiger partial charge in [0, 0.05) is 19.3 Å². The Morgan fingerprint density at radius 2 is 1.20 bits per heavy atom. The van der Waals surface area contributed by atoms with E-state index in [-0.39, 0.29) is 49.4 Å². The van der Waals surface area contributed by atoms with E-state index in [0.29, 0.717) is 16.7 Å². The first kappa shape index (κ1) is 15.5. The summed E-state index contributed by atoms with van der Waals surface area (Å²) >= 11 is 0. The lowest BCUT2D eigenvalue weighted by molar-refractivity contribution is 0.660. The first-order valence-electron chi connectivity index (χ1n) is 21.6. The normalized spacial score (nSPS) is 18.4. The number of hydrogen-bond acceptors (Lipinski definition) is 1. The van der Waals surface area contributed by atoms with E-state index in [4.69, 9.17) is 13.7 Å². The molecule has 0 bridgehead atoms. The second kappa shape index (κ2) is 9.51. The van der Waals surface area contributed by atoms with Crippen LogP contribution < -0.4 is 0 Å². The summed E-state index contributed by atoms with van der Waals surface area (Å²) in [5, 5.41) is -0.203. The average molecular weight is 591 g/mol. The molecular weight excluding hydrogens is 544 g/mol. The van der Waals surface area contributed by atoms with Gasteiger partial charge in [-0.3, -0.25) is 4.57 Å². The Bertz CT molecular complexity index is 3030. The van der Waals surface area contributed by atoms with E-state index in [1.807, 2.05) is 35.8 Å². The number of nitrogens with zero attached hydrogens (tertiary/aromatic N) is 2. The van der Waals surface area contributed by atoms with Crippen LogP contribution in [-0.4, -0.2) is 9.55 Å². The summed E-state index contributed by atoms with van der Waals surface area (Å²) < 4.78 is 127. The van der Waals surface area contributed by atoms with Crippen molar-refractivity contribution in [2.24, 2.45) is 0 Å². The molecule has 0 N–H and O–H groups in total. The molecule has 45 heavy (non-hydrogen) atoms. The Kier molecular flexibility index (Phi) is 3.28. The predicted molar refractivity (Wildman–Crippen MR) is 189 cm³/mol. The number of para-hydroxylation sites is 2. The van der Waals surface area contributed by atoms with Gasteiger partial charge in [-0.15, -0.1) is 0 Å². The van der Waals surface area contributed by atoms with Crippen molar-refractivity contribution in [2.45, 2.75) is 26.0 Å². The van der Waals surface area contributed by atoms with Gasteiger partial charge in [-0.1, -0.05) is 123 Å². The molecule has 0 aliphatic heterocycles. The van der Waals surface area contributed by atoms with Crippen LogP contribution in [-0.2, 0) is 5.41 Å². The van der Waals surface area contributed by atoms with Crippen molar-refractivity contribution in [2.75, 3.05) is 0 Å². The maximum atomic E-state index is 9.36. The minimum Gasteiger partial charge on any atom is -0.297 e. The number of aryl methyl sites for hydroxylation is 1. The van der Waals surface area contributed by atoms with Crippen LogP contribution in [0.25, 0.3) is 71.6 Å². The van der Waals surface area contributed by atoms with E-state index in [0.717, 1.165) is 22.5 Å². The van der Waals surface area contributed by atoms with Gasteiger partial charge >= 0.3 is 0 Å². The van der Waals surface area contributed by atoms with Crippen molar-refractivity contribution < 1.29 is 19.2 Å². The minimum absolute atomic E-state index is 0.0152. The highest BCUT2D eigenvalue weighted by Gasteiger charge is 2.35. The van der Waals surface area contributed by atoms with E-state index in [1.54, 1.807) is 54.6 Å². The lowest BCUT2D eigenvalue weighted by Crippen LogP contribution is -2.14. The molecule has 2 nitrogen and oxygen atoms in total. The molecule has 0 saturated carbocycles. The zero-order valence-electron chi connectivity index (χ0n) is 38.1. The fourth-order valence-corrected chi connectivity index (χ4v) is 6.89. The molecule has 0 spiro atoms. The Morgan fingerprint density at radius 3 is 1.89 bits per heavy atom. The Morgan fingerprint density at radius 1 is 0.622 bits per heavy atom. The van der Waals surface area contributed by atoms with Crippen LogP contribution in [0.4, 0.5) is 0 Å². The van der Waals surface area contributed by atoms with Crippen LogP contribution in [0.3, 0.4) is 0 Å². The largest absolute Gasteiger partial charge is 0.297 e. The van der Waals surface area contributed by atoms with Gasteiger partial charge in [0.2, 0.25) is 0 Å². The van der Waals surface area contributed by atoms with Gasteiger partial charge in [-0.2, -0.15) is 0 Å². The van der Waals surface area contributed by atoms with Crippen molar-refractivity contribution in [3.8, 4) is 39.1 Å². The topological polar surface area (TPSA) is 17.8 Å². The lowest BCUT2D eigenvalue weighted by Gasteiger charge is -2.23. The van der Waals surface area contributed by atoms with Gasteiger partial charge in [0.15, 0.2) is 0 Å². The fraction of sp³-hybridized carbons (Fsp3) is 0.0930. The molecule has 1 aliphatic carbocycles. The number of rotatable bonds is 3. The SMILES string of the molecule is [2H]c1c([2H])c([2H])c2c(-c3ccc4c(c3)C(C([2H])([2H])[2H])(C([2H])([2H])[2H])c3ccccc3-4)c3c([2H])c([2H])c([2H])c([2H])c3c(-c3ccc(-n4c(C)nc5ccccc54)cc3)c2c1[2H]. The fourth-order valence-electron chi connectivity index (χ4n) is 6.89. The Balaban J connectivity index is 1.44. The molecule has 9 rings (SSSR count). The molecule has 0 saturated heterocycles. The van der Waals surface area contributed by atoms with Crippen LogP contribution in [0, 0.1) is 6.92 Å². The van der Waals surface area contributed by atoms with E-state index in [2.05, 4.69) is 4.98 Å². The molecule has 0 unspecified atom stereocenters. The van der Waals surface area contributed by atoms with Gasteiger partial charge in [-0.05, 0) is 103 Å².